The van der Waals surface area contributed by atoms with Crippen LogP contribution < -0.4 is 10.0 Å². The Hall–Kier alpha value is -0.860. The summed E-state index contributed by atoms with van der Waals surface area (Å²) in [6.45, 7) is 2.45. The molecule has 0 fully saturated rings. The fourth-order valence-corrected chi connectivity index (χ4v) is 5.00. The van der Waals surface area contributed by atoms with Gasteiger partial charge in [-0.1, -0.05) is 19.4 Å². The molecule has 0 atom stereocenters. The molecule has 0 heterocycles. The average Bonchev–Trinajstić information content (AvgIpc) is 2.46. The molecule has 5 nitrogen and oxygen atoms in total. The number of nitrogens with one attached hydrogen (secondary N) is 2. The van der Waals surface area contributed by atoms with Gasteiger partial charge in [0.2, 0.25) is 0 Å². The molecule has 0 bridgehead atoms. The van der Waals surface area contributed by atoms with Crippen LogP contribution in [0.1, 0.15) is 19.8 Å². The van der Waals surface area contributed by atoms with Crippen molar-refractivity contribution in [3.8, 4) is 0 Å². The molecule has 21 heavy (non-hydrogen) atoms. The molecule has 0 aliphatic carbocycles. The van der Waals surface area contributed by atoms with Gasteiger partial charge in [0.1, 0.15) is 4.90 Å². The number of urea groups is 1. The Morgan fingerprint density at radius 2 is 1.76 bits per heavy atom. The van der Waals surface area contributed by atoms with Gasteiger partial charge in [-0.25, -0.2) is 17.9 Å². The van der Waals surface area contributed by atoms with E-state index < -0.39 is 16.1 Å². The molecule has 0 aliphatic rings. The van der Waals surface area contributed by atoms with Gasteiger partial charge in [0, 0.05) is 16.3 Å². The molecule has 2 amide bonds. The largest absolute Gasteiger partial charge is 0.337 e. The molecule has 2 N–H and O–H groups in total. The van der Waals surface area contributed by atoms with Crippen molar-refractivity contribution in [2.75, 3.05) is 19.1 Å². The number of hydrogen-bond donors (Lipinski definition) is 2. The van der Waals surface area contributed by atoms with E-state index in [1.54, 1.807) is 30.7 Å². The Kier molecular flexibility index (Phi) is 7.41. The lowest BCUT2D eigenvalue weighted by Crippen LogP contribution is -2.40. The van der Waals surface area contributed by atoms with Gasteiger partial charge in [-0.15, -0.1) is 23.5 Å². The third-order valence-corrected chi connectivity index (χ3v) is 5.94. The summed E-state index contributed by atoms with van der Waals surface area (Å²) in [5, 5.41) is 2.54. The molecular formula is C13H20N2O3S3. The highest BCUT2D eigenvalue weighted by Gasteiger charge is 2.24. The zero-order valence-electron chi connectivity index (χ0n) is 12.3. The zero-order valence-corrected chi connectivity index (χ0v) is 14.8. The number of sulfonamides is 1. The van der Waals surface area contributed by atoms with Gasteiger partial charge in [0.25, 0.3) is 10.0 Å². The fraction of sp³-hybridized carbons (Fsp3) is 0.462. The normalized spacial score (nSPS) is 11.2. The van der Waals surface area contributed by atoms with Crippen LogP contribution in [0.4, 0.5) is 4.79 Å². The number of thioether (sulfide) groups is 2. The van der Waals surface area contributed by atoms with Gasteiger partial charge in [0.05, 0.1) is 0 Å². The number of carbonyl (C=O) groups is 1. The van der Waals surface area contributed by atoms with Crippen molar-refractivity contribution in [3.63, 3.8) is 0 Å². The van der Waals surface area contributed by atoms with Gasteiger partial charge in [-0.2, -0.15) is 0 Å². The minimum atomic E-state index is -3.89. The minimum absolute atomic E-state index is 0.163. The highest BCUT2D eigenvalue weighted by Crippen LogP contribution is 2.32. The SMILES string of the molecule is CCCCNC(=O)NS(=O)(=O)c1c(SC)cccc1SC. The van der Waals surface area contributed by atoms with Crippen LogP contribution in [-0.2, 0) is 10.0 Å². The lowest BCUT2D eigenvalue weighted by atomic mass is 10.3. The number of carbonyl (C=O) groups excluding carboxylic acids is 1. The van der Waals surface area contributed by atoms with Crippen molar-refractivity contribution < 1.29 is 13.2 Å². The topological polar surface area (TPSA) is 75.3 Å². The van der Waals surface area contributed by atoms with Crippen molar-refractivity contribution in [1.29, 1.82) is 0 Å². The van der Waals surface area contributed by atoms with E-state index in [1.165, 1.54) is 23.5 Å². The van der Waals surface area contributed by atoms with Crippen LogP contribution in [0.3, 0.4) is 0 Å². The van der Waals surface area contributed by atoms with Crippen molar-refractivity contribution in [1.82, 2.24) is 10.0 Å². The summed E-state index contributed by atoms with van der Waals surface area (Å²) in [5.74, 6) is 0. The first-order chi connectivity index (χ1) is 9.96. The third kappa shape index (κ3) is 5.12. The maximum absolute atomic E-state index is 12.4. The summed E-state index contributed by atoms with van der Waals surface area (Å²) < 4.78 is 26.9. The van der Waals surface area contributed by atoms with Crippen LogP contribution in [-0.4, -0.2) is 33.5 Å². The number of hydrogen-bond acceptors (Lipinski definition) is 5. The minimum Gasteiger partial charge on any atom is -0.337 e. The Morgan fingerprint density at radius 3 is 2.24 bits per heavy atom. The van der Waals surface area contributed by atoms with E-state index in [4.69, 9.17) is 0 Å². The van der Waals surface area contributed by atoms with Crippen LogP contribution in [0, 0.1) is 0 Å². The Labute approximate surface area is 134 Å². The van der Waals surface area contributed by atoms with Crippen molar-refractivity contribution in [3.05, 3.63) is 18.2 Å². The van der Waals surface area contributed by atoms with E-state index >= 15 is 0 Å². The molecule has 0 aromatic heterocycles. The molecule has 0 saturated carbocycles. The Morgan fingerprint density at radius 1 is 1.19 bits per heavy atom. The summed E-state index contributed by atoms with van der Waals surface area (Å²) >= 11 is 2.67. The number of amides is 2. The van der Waals surface area contributed by atoms with Crippen LogP contribution in [0.25, 0.3) is 0 Å². The predicted octanol–water partition coefficient (Wildman–Crippen LogP) is 2.92. The summed E-state index contributed by atoms with van der Waals surface area (Å²) in [4.78, 5) is 13.1. The molecule has 118 valence electrons. The monoisotopic (exact) mass is 348 g/mol. The smallest absolute Gasteiger partial charge is 0.328 e. The van der Waals surface area contributed by atoms with E-state index in [1.807, 2.05) is 6.92 Å². The van der Waals surface area contributed by atoms with Gasteiger partial charge in [-0.3, -0.25) is 0 Å². The summed E-state index contributed by atoms with van der Waals surface area (Å²) in [6.07, 6.45) is 5.35. The molecule has 8 heteroatoms. The fourth-order valence-electron chi connectivity index (χ4n) is 1.67. The maximum atomic E-state index is 12.4. The molecule has 0 spiro atoms. The van der Waals surface area contributed by atoms with Crippen LogP contribution in [0.5, 0.6) is 0 Å². The first-order valence-electron chi connectivity index (χ1n) is 6.48. The van der Waals surface area contributed by atoms with Gasteiger partial charge in [0.15, 0.2) is 0 Å². The highest BCUT2D eigenvalue weighted by atomic mass is 32.2. The van der Waals surface area contributed by atoms with Crippen LogP contribution >= 0.6 is 23.5 Å². The molecule has 1 rings (SSSR count). The lowest BCUT2D eigenvalue weighted by Gasteiger charge is -2.14. The maximum Gasteiger partial charge on any atom is 0.328 e. The second kappa shape index (κ2) is 8.55. The summed E-state index contributed by atoms with van der Waals surface area (Å²) in [7, 11) is -3.89. The first kappa shape index (κ1) is 18.2. The molecular weight excluding hydrogens is 328 g/mol. The highest BCUT2D eigenvalue weighted by molar-refractivity contribution is 8.01. The Balaban J connectivity index is 3.00. The second-order valence-corrected chi connectivity index (χ2v) is 7.52. The summed E-state index contributed by atoms with van der Waals surface area (Å²) in [5.41, 5.74) is 0. The van der Waals surface area contributed by atoms with Crippen molar-refractivity contribution in [2.24, 2.45) is 0 Å². The zero-order chi connectivity index (χ0) is 15.9. The quantitative estimate of drug-likeness (QED) is 0.585. The molecule has 1 aromatic carbocycles. The standard InChI is InChI=1S/C13H20N2O3S3/c1-4-5-9-14-13(16)15-21(17,18)12-10(19-2)7-6-8-11(12)20-3/h6-8H,4-5,9H2,1-3H3,(H2,14,15,16). The van der Waals surface area contributed by atoms with E-state index in [0.29, 0.717) is 16.3 Å². The molecule has 1 aromatic rings. The number of unbranched alkanes of at least 4 members (excludes halogenated alkanes) is 1. The van der Waals surface area contributed by atoms with Crippen LogP contribution in [0.15, 0.2) is 32.9 Å². The van der Waals surface area contributed by atoms with E-state index in [2.05, 4.69) is 10.0 Å². The Bertz CT molecular complexity index is 566. The summed E-state index contributed by atoms with van der Waals surface area (Å²) in [6, 6.07) is 4.58. The van der Waals surface area contributed by atoms with Crippen LogP contribution in [0.2, 0.25) is 0 Å². The van der Waals surface area contributed by atoms with Gasteiger partial charge < -0.3 is 5.32 Å². The first-order valence-corrected chi connectivity index (χ1v) is 10.4. The van der Waals surface area contributed by atoms with E-state index in [-0.39, 0.29) is 4.90 Å². The van der Waals surface area contributed by atoms with E-state index in [9.17, 15) is 13.2 Å². The number of rotatable bonds is 7. The molecule has 0 radical (unpaired) electrons. The number of benzene rings is 1. The third-order valence-electron chi connectivity index (χ3n) is 2.69. The molecule has 0 saturated heterocycles. The second-order valence-electron chi connectivity index (χ2n) is 4.21. The van der Waals surface area contributed by atoms with Crippen molar-refractivity contribution in [2.45, 2.75) is 34.5 Å². The molecule has 0 unspecified atom stereocenters. The van der Waals surface area contributed by atoms with Gasteiger partial charge >= 0.3 is 6.03 Å². The molecule has 0 aliphatic heterocycles. The van der Waals surface area contributed by atoms with Crippen molar-refractivity contribution >= 4 is 39.6 Å². The van der Waals surface area contributed by atoms with E-state index in [0.717, 1.165) is 12.8 Å². The lowest BCUT2D eigenvalue weighted by molar-refractivity contribution is 0.245. The average molecular weight is 349 g/mol. The predicted molar refractivity (Wildman–Crippen MR) is 88.6 cm³/mol. The van der Waals surface area contributed by atoms with Gasteiger partial charge in [-0.05, 0) is 31.1 Å².